The number of nitrogens with one attached hydrogen (secondary N) is 1. The summed E-state index contributed by atoms with van der Waals surface area (Å²) in [4.78, 5) is 12.8. The van der Waals surface area contributed by atoms with E-state index in [1.165, 1.54) is 11.3 Å². The number of rotatable bonds is 3. The molecule has 1 N–H and O–H groups in total. The lowest BCUT2D eigenvalue weighted by molar-refractivity contribution is 0.0959. The summed E-state index contributed by atoms with van der Waals surface area (Å²) in [5.41, 5.74) is 3.91. The fourth-order valence-electron chi connectivity index (χ4n) is 2.13. The average molecular weight is 398 g/mol. The van der Waals surface area contributed by atoms with Crippen LogP contribution in [-0.4, -0.2) is 11.6 Å². The van der Waals surface area contributed by atoms with Crippen LogP contribution >= 0.6 is 46.1 Å². The van der Waals surface area contributed by atoms with Gasteiger partial charge in [0, 0.05) is 10.1 Å². The third kappa shape index (κ3) is 3.42. The van der Waals surface area contributed by atoms with Crippen LogP contribution in [0.5, 0.6) is 0 Å². The van der Waals surface area contributed by atoms with Crippen LogP contribution < -0.4 is 5.43 Å². The topological polar surface area (TPSA) is 41.5 Å². The van der Waals surface area contributed by atoms with Crippen molar-refractivity contribution < 1.29 is 4.79 Å². The molecule has 24 heavy (non-hydrogen) atoms. The largest absolute Gasteiger partial charge is 0.283 e. The quantitative estimate of drug-likeness (QED) is 0.426. The molecule has 3 nitrogen and oxygen atoms in total. The van der Waals surface area contributed by atoms with Crippen LogP contribution in [0.4, 0.5) is 0 Å². The fraction of sp³-hybridized carbons (Fsp3) is 0.0588. The Morgan fingerprint density at radius 2 is 1.83 bits per heavy atom. The van der Waals surface area contributed by atoms with E-state index in [0.717, 1.165) is 15.6 Å². The van der Waals surface area contributed by atoms with Gasteiger partial charge in [-0.15, -0.1) is 11.3 Å². The fourth-order valence-corrected chi connectivity index (χ4v) is 3.84. The minimum Gasteiger partial charge on any atom is -0.266 e. The van der Waals surface area contributed by atoms with Crippen molar-refractivity contribution in [3.63, 3.8) is 0 Å². The number of hydrogen-bond donors (Lipinski definition) is 1. The van der Waals surface area contributed by atoms with Gasteiger partial charge in [0.25, 0.3) is 5.91 Å². The van der Waals surface area contributed by atoms with Crippen molar-refractivity contribution in [1.29, 1.82) is 0 Å². The van der Waals surface area contributed by atoms with Crippen LogP contribution in [0.25, 0.3) is 10.1 Å². The van der Waals surface area contributed by atoms with E-state index in [0.29, 0.717) is 25.7 Å². The second-order valence-corrected chi connectivity index (χ2v) is 7.25. The number of carbonyl (C=O) groups is 1. The minimum absolute atomic E-state index is 0.347. The molecule has 3 rings (SSSR count). The summed E-state index contributed by atoms with van der Waals surface area (Å²) in [6, 6.07) is 12.8. The summed E-state index contributed by atoms with van der Waals surface area (Å²) in [5.74, 6) is -0.347. The van der Waals surface area contributed by atoms with Crippen molar-refractivity contribution in [3.05, 3.63) is 68.0 Å². The Morgan fingerprint density at radius 3 is 2.54 bits per heavy atom. The molecule has 0 aliphatic carbocycles. The summed E-state index contributed by atoms with van der Waals surface area (Å²) in [6.07, 6.45) is 0. The van der Waals surface area contributed by atoms with E-state index < -0.39 is 0 Å². The number of carbonyl (C=O) groups excluding carboxylic acids is 1. The van der Waals surface area contributed by atoms with E-state index in [1.54, 1.807) is 25.1 Å². The molecule has 122 valence electrons. The maximum absolute atomic E-state index is 12.4. The Morgan fingerprint density at radius 1 is 1.08 bits per heavy atom. The van der Waals surface area contributed by atoms with Gasteiger partial charge in [0.2, 0.25) is 0 Å². The van der Waals surface area contributed by atoms with Gasteiger partial charge in [-0.25, -0.2) is 5.43 Å². The molecule has 0 saturated carbocycles. The lowest BCUT2D eigenvalue weighted by Gasteiger charge is -2.04. The Balaban J connectivity index is 1.83. The zero-order chi connectivity index (χ0) is 17.3. The van der Waals surface area contributed by atoms with Crippen molar-refractivity contribution in [2.24, 2.45) is 5.10 Å². The van der Waals surface area contributed by atoms with Gasteiger partial charge in [0.1, 0.15) is 4.88 Å². The summed E-state index contributed by atoms with van der Waals surface area (Å²) in [6.45, 7) is 1.77. The second kappa shape index (κ2) is 7.11. The molecule has 0 spiro atoms. The number of amides is 1. The average Bonchev–Trinajstić information content (AvgIpc) is 2.92. The van der Waals surface area contributed by atoms with E-state index in [2.05, 4.69) is 10.5 Å². The van der Waals surface area contributed by atoms with Crippen molar-refractivity contribution in [3.8, 4) is 0 Å². The predicted octanol–water partition coefficient (Wildman–Crippen LogP) is 6.02. The van der Waals surface area contributed by atoms with E-state index in [4.69, 9.17) is 34.8 Å². The highest BCUT2D eigenvalue weighted by molar-refractivity contribution is 7.21. The molecule has 0 aliphatic rings. The third-order valence-corrected chi connectivity index (χ3v) is 5.82. The van der Waals surface area contributed by atoms with Crippen LogP contribution in [0.2, 0.25) is 15.1 Å². The Bertz CT molecular complexity index is 966. The highest BCUT2D eigenvalue weighted by atomic mass is 35.5. The van der Waals surface area contributed by atoms with Gasteiger partial charge >= 0.3 is 0 Å². The monoisotopic (exact) mass is 396 g/mol. The maximum atomic E-state index is 12.4. The van der Waals surface area contributed by atoms with Gasteiger partial charge in [-0.3, -0.25) is 4.79 Å². The van der Waals surface area contributed by atoms with Crippen LogP contribution in [0.15, 0.2) is 47.6 Å². The van der Waals surface area contributed by atoms with Crippen molar-refractivity contribution in [2.45, 2.75) is 6.92 Å². The van der Waals surface area contributed by atoms with Gasteiger partial charge in [-0.05, 0) is 30.7 Å². The lowest BCUT2D eigenvalue weighted by atomic mass is 10.1. The molecular weight excluding hydrogens is 387 g/mol. The SMILES string of the molecule is C/C(=N\NC(=O)c1sc2ccccc2c1Cl)c1ccc(Cl)c(Cl)c1. The second-order valence-electron chi connectivity index (χ2n) is 5.01. The first-order valence-electron chi connectivity index (χ1n) is 6.94. The maximum Gasteiger partial charge on any atom is 0.283 e. The molecule has 3 aromatic rings. The summed E-state index contributed by atoms with van der Waals surface area (Å²) in [5, 5.41) is 6.32. The summed E-state index contributed by atoms with van der Waals surface area (Å²) >= 11 is 19.5. The van der Waals surface area contributed by atoms with Gasteiger partial charge in [0.15, 0.2) is 0 Å². The van der Waals surface area contributed by atoms with Gasteiger partial charge in [-0.2, -0.15) is 5.10 Å². The number of benzene rings is 2. The summed E-state index contributed by atoms with van der Waals surface area (Å²) < 4.78 is 0.956. The minimum atomic E-state index is -0.347. The molecule has 0 aliphatic heterocycles. The zero-order valence-corrected chi connectivity index (χ0v) is 15.5. The van der Waals surface area contributed by atoms with Gasteiger partial charge in [-0.1, -0.05) is 59.1 Å². The standard InChI is InChI=1S/C17H11Cl3N2OS/c1-9(10-6-7-12(18)13(19)8-10)21-22-17(23)16-15(20)11-4-2-3-5-14(11)24-16/h2-8H,1H3,(H,22,23)/b21-9+. The Labute approximate surface area is 157 Å². The molecule has 0 atom stereocenters. The number of thiophene rings is 1. The highest BCUT2D eigenvalue weighted by Gasteiger charge is 2.16. The Kier molecular flexibility index (Phi) is 5.11. The number of hydrogen-bond acceptors (Lipinski definition) is 3. The molecule has 0 radical (unpaired) electrons. The zero-order valence-electron chi connectivity index (χ0n) is 12.4. The molecule has 0 bridgehead atoms. The van der Waals surface area contributed by atoms with Crippen LogP contribution in [0.3, 0.4) is 0 Å². The van der Waals surface area contributed by atoms with E-state index in [-0.39, 0.29) is 5.91 Å². The van der Waals surface area contributed by atoms with E-state index in [1.807, 2.05) is 24.3 Å². The van der Waals surface area contributed by atoms with Crippen LogP contribution in [-0.2, 0) is 0 Å². The molecule has 1 heterocycles. The normalized spacial score (nSPS) is 11.8. The van der Waals surface area contributed by atoms with E-state index in [9.17, 15) is 4.79 Å². The van der Waals surface area contributed by atoms with Crippen molar-refractivity contribution in [2.75, 3.05) is 0 Å². The van der Waals surface area contributed by atoms with Crippen molar-refractivity contribution >= 4 is 67.8 Å². The summed E-state index contributed by atoms with van der Waals surface area (Å²) in [7, 11) is 0. The molecular formula is C17H11Cl3N2OS. The van der Waals surface area contributed by atoms with Crippen LogP contribution in [0, 0.1) is 0 Å². The van der Waals surface area contributed by atoms with E-state index >= 15 is 0 Å². The molecule has 0 unspecified atom stereocenters. The number of nitrogens with zero attached hydrogens (tertiary/aromatic N) is 1. The molecule has 0 saturated heterocycles. The molecule has 1 aromatic heterocycles. The van der Waals surface area contributed by atoms with Gasteiger partial charge < -0.3 is 0 Å². The van der Waals surface area contributed by atoms with Crippen molar-refractivity contribution in [1.82, 2.24) is 5.43 Å². The first-order valence-corrected chi connectivity index (χ1v) is 8.89. The first-order chi connectivity index (χ1) is 11.5. The van der Waals surface area contributed by atoms with Gasteiger partial charge in [0.05, 0.1) is 20.8 Å². The Hall–Kier alpha value is -1.59. The first kappa shape index (κ1) is 17.2. The lowest BCUT2D eigenvalue weighted by Crippen LogP contribution is -2.18. The number of fused-ring (bicyclic) bond motifs is 1. The highest BCUT2D eigenvalue weighted by Crippen LogP contribution is 2.35. The molecule has 0 fully saturated rings. The number of hydrazone groups is 1. The molecule has 1 amide bonds. The molecule has 7 heteroatoms. The smallest absolute Gasteiger partial charge is 0.266 e. The third-order valence-electron chi connectivity index (χ3n) is 3.40. The van der Waals surface area contributed by atoms with Crippen LogP contribution in [0.1, 0.15) is 22.2 Å². The predicted molar refractivity (Wildman–Crippen MR) is 103 cm³/mol. The number of halogens is 3. The molecule has 2 aromatic carbocycles.